The van der Waals surface area contributed by atoms with Crippen molar-refractivity contribution in [3.63, 3.8) is 0 Å². The summed E-state index contributed by atoms with van der Waals surface area (Å²) in [6.45, 7) is 3.23. The van der Waals surface area contributed by atoms with Crippen LogP contribution < -0.4 is 10.0 Å². The normalized spacial score (nSPS) is 12.3. The number of nitrogens with one attached hydrogen (secondary N) is 2. The Kier molecular flexibility index (Phi) is 8.10. The Balaban J connectivity index is 2.44. The van der Waals surface area contributed by atoms with E-state index < -0.39 is 27.9 Å². The van der Waals surface area contributed by atoms with Gasteiger partial charge in [0, 0.05) is 13.0 Å². The largest absolute Gasteiger partial charge is 0.480 e. The lowest BCUT2D eigenvalue weighted by Crippen LogP contribution is -2.44. The van der Waals surface area contributed by atoms with Crippen molar-refractivity contribution >= 4 is 21.9 Å². The minimum Gasteiger partial charge on any atom is -0.480 e. The van der Waals surface area contributed by atoms with E-state index in [1.54, 1.807) is 18.2 Å². The maximum atomic E-state index is 12.0. The van der Waals surface area contributed by atoms with Gasteiger partial charge in [-0.25, -0.2) is 17.9 Å². The Morgan fingerprint density at radius 2 is 1.96 bits per heavy atom. The summed E-state index contributed by atoms with van der Waals surface area (Å²) in [6.07, 6.45) is 1.26. The quantitative estimate of drug-likeness (QED) is 0.383. The number of hydrogen-bond acceptors (Lipinski definition) is 5. The smallest absolute Gasteiger partial charge is 0.328 e. The highest BCUT2D eigenvalue weighted by Crippen LogP contribution is 2.06. The lowest BCUT2D eigenvalue weighted by Gasteiger charge is -2.14. The molecule has 1 unspecified atom stereocenters. The SMILES string of the molecule is C=CCOCC(NC(=O)CCNS(=O)(=O)c1ccccc1)C(=O)O. The maximum absolute atomic E-state index is 12.0. The molecule has 0 fully saturated rings. The second-order valence-corrected chi connectivity index (χ2v) is 6.51. The first-order chi connectivity index (χ1) is 11.4. The Bertz CT molecular complexity index is 660. The van der Waals surface area contributed by atoms with E-state index in [4.69, 9.17) is 9.84 Å². The van der Waals surface area contributed by atoms with E-state index >= 15 is 0 Å². The Labute approximate surface area is 140 Å². The molecular weight excluding hydrogens is 336 g/mol. The summed E-state index contributed by atoms with van der Waals surface area (Å²) < 4.78 is 31.2. The van der Waals surface area contributed by atoms with E-state index in [-0.39, 0.29) is 31.1 Å². The van der Waals surface area contributed by atoms with Gasteiger partial charge in [-0.2, -0.15) is 0 Å². The van der Waals surface area contributed by atoms with Crippen LogP contribution in [0, 0.1) is 0 Å². The number of carbonyl (C=O) groups is 2. The van der Waals surface area contributed by atoms with Crippen LogP contribution in [0.1, 0.15) is 6.42 Å². The number of ether oxygens (including phenoxy) is 1. The first-order valence-corrected chi connectivity index (χ1v) is 8.60. The summed E-state index contributed by atoms with van der Waals surface area (Å²) in [7, 11) is -3.70. The predicted molar refractivity (Wildman–Crippen MR) is 86.8 cm³/mol. The van der Waals surface area contributed by atoms with Crippen LogP contribution in [0.4, 0.5) is 0 Å². The van der Waals surface area contributed by atoms with Crippen molar-refractivity contribution < 1.29 is 27.9 Å². The highest BCUT2D eigenvalue weighted by molar-refractivity contribution is 7.89. The van der Waals surface area contributed by atoms with Crippen LogP contribution in [0.3, 0.4) is 0 Å². The highest BCUT2D eigenvalue weighted by Gasteiger charge is 2.20. The molecule has 0 aromatic heterocycles. The molecule has 132 valence electrons. The third kappa shape index (κ3) is 6.90. The summed E-state index contributed by atoms with van der Waals surface area (Å²) in [5.41, 5.74) is 0. The number of sulfonamides is 1. The van der Waals surface area contributed by atoms with Gasteiger partial charge in [0.2, 0.25) is 15.9 Å². The molecule has 0 heterocycles. The van der Waals surface area contributed by atoms with E-state index in [0.717, 1.165) is 0 Å². The number of aliphatic carboxylic acids is 1. The summed E-state index contributed by atoms with van der Waals surface area (Å²) in [4.78, 5) is 22.8. The molecule has 3 N–H and O–H groups in total. The molecule has 1 rings (SSSR count). The van der Waals surface area contributed by atoms with E-state index in [1.165, 1.54) is 18.2 Å². The van der Waals surface area contributed by atoms with Crippen LogP contribution in [-0.4, -0.2) is 51.2 Å². The third-order valence-corrected chi connectivity index (χ3v) is 4.33. The molecule has 1 atom stereocenters. The van der Waals surface area contributed by atoms with Gasteiger partial charge in [-0.15, -0.1) is 6.58 Å². The predicted octanol–water partition coefficient (Wildman–Crippen LogP) is 0.127. The van der Waals surface area contributed by atoms with Crippen LogP contribution in [0.15, 0.2) is 47.9 Å². The van der Waals surface area contributed by atoms with Crippen molar-refractivity contribution in [1.29, 1.82) is 0 Å². The molecule has 0 saturated heterocycles. The zero-order valence-electron chi connectivity index (χ0n) is 13.0. The average Bonchev–Trinajstić information content (AvgIpc) is 2.54. The van der Waals surface area contributed by atoms with Gasteiger partial charge in [0.25, 0.3) is 0 Å². The van der Waals surface area contributed by atoms with Gasteiger partial charge in [0.1, 0.15) is 0 Å². The second kappa shape index (κ2) is 9.81. The molecule has 24 heavy (non-hydrogen) atoms. The number of carboxylic acids is 1. The van der Waals surface area contributed by atoms with Crippen molar-refractivity contribution in [3.8, 4) is 0 Å². The van der Waals surface area contributed by atoms with Crippen LogP contribution >= 0.6 is 0 Å². The van der Waals surface area contributed by atoms with E-state index in [2.05, 4.69) is 16.6 Å². The van der Waals surface area contributed by atoms with Gasteiger partial charge in [0.05, 0.1) is 18.1 Å². The molecule has 0 bridgehead atoms. The first-order valence-electron chi connectivity index (χ1n) is 7.12. The van der Waals surface area contributed by atoms with Crippen molar-refractivity contribution in [3.05, 3.63) is 43.0 Å². The van der Waals surface area contributed by atoms with E-state index in [0.29, 0.717) is 0 Å². The van der Waals surface area contributed by atoms with Gasteiger partial charge < -0.3 is 15.2 Å². The van der Waals surface area contributed by atoms with Gasteiger partial charge in [-0.3, -0.25) is 4.79 Å². The Morgan fingerprint density at radius 1 is 1.29 bits per heavy atom. The standard InChI is InChI=1S/C15H20N2O6S/c1-2-10-23-11-13(15(19)20)17-14(18)8-9-16-24(21,22)12-6-4-3-5-7-12/h2-7,13,16H,1,8-11H2,(H,17,18)(H,19,20). The second-order valence-electron chi connectivity index (χ2n) is 4.75. The maximum Gasteiger partial charge on any atom is 0.328 e. The number of rotatable bonds is 11. The minimum atomic E-state index is -3.70. The molecule has 1 amide bonds. The fraction of sp³-hybridized carbons (Fsp3) is 0.333. The molecule has 1 aromatic rings. The lowest BCUT2D eigenvalue weighted by atomic mass is 10.3. The fourth-order valence-electron chi connectivity index (χ4n) is 1.69. The first kappa shape index (κ1) is 19.8. The number of carbonyl (C=O) groups excluding carboxylic acids is 1. The summed E-state index contributed by atoms with van der Waals surface area (Å²) >= 11 is 0. The third-order valence-electron chi connectivity index (χ3n) is 2.85. The number of carboxylic acid groups (broad SMARTS) is 1. The van der Waals surface area contributed by atoms with E-state index in [9.17, 15) is 18.0 Å². The molecule has 0 saturated carbocycles. The molecule has 0 spiro atoms. The number of hydrogen-bond donors (Lipinski definition) is 3. The number of benzene rings is 1. The summed E-state index contributed by atoms with van der Waals surface area (Å²) in [5, 5.41) is 11.3. The highest BCUT2D eigenvalue weighted by atomic mass is 32.2. The lowest BCUT2D eigenvalue weighted by molar-refractivity contribution is -0.143. The fourth-order valence-corrected chi connectivity index (χ4v) is 2.75. The molecule has 0 radical (unpaired) electrons. The van der Waals surface area contributed by atoms with Crippen LogP contribution in [0.2, 0.25) is 0 Å². The monoisotopic (exact) mass is 356 g/mol. The molecule has 9 heteroatoms. The zero-order chi connectivity index (χ0) is 18.0. The van der Waals surface area contributed by atoms with Gasteiger partial charge in [-0.1, -0.05) is 24.3 Å². The van der Waals surface area contributed by atoms with Gasteiger partial charge in [0.15, 0.2) is 6.04 Å². The van der Waals surface area contributed by atoms with Crippen LogP contribution in [0.25, 0.3) is 0 Å². The molecule has 8 nitrogen and oxygen atoms in total. The van der Waals surface area contributed by atoms with Crippen molar-refractivity contribution in [2.24, 2.45) is 0 Å². The van der Waals surface area contributed by atoms with Crippen molar-refractivity contribution in [2.45, 2.75) is 17.4 Å². The summed E-state index contributed by atoms with van der Waals surface area (Å²) in [6, 6.07) is 6.51. The van der Waals surface area contributed by atoms with Crippen molar-refractivity contribution in [2.75, 3.05) is 19.8 Å². The summed E-state index contributed by atoms with van der Waals surface area (Å²) in [5.74, 6) is -1.84. The Morgan fingerprint density at radius 3 is 2.54 bits per heavy atom. The van der Waals surface area contributed by atoms with Gasteiger partial charge in [-0.05, 0) is 12.1 Å². The van der Waals surface area contributed by atoms with E-state index in [1.807, 2.05) is 0 Å². The molecule has 0 aliphatic carbocycles. The van der Waals surface area contributed by atoms with Crippen molar-refractivity contribution in [1.82, 2.24) is 10.0 Å². The minimum absolute atomic E-state index is 0.0895. The number of amides is 1. The Hall–Kier alpha value is -2.23. The molecule has 1 aromatic carbocycles. The average molecular weight is 356 g/mol. The van der Waals surface area contributed by atoms with Gasteiger partial charge >= 0.3 is 5.97 Å². The topological polar surface area (TPSA) is 122 Å². The molecule has 0 aliphatic rings. The van der Waals surface area contributed by atoms with Crippen LogP contribution in [0.5, 0.6) is 0 Å². The molecule has 0 aliphatic heterocycles. The molecular formula is C15H20N2O6S. The zero-order valence-corrected chi connectivity index (χ0v) is 13.8. The van der Waals surface area contributed by atoms with Crippen LogP contribution in [-0.2, 0) is 24.3 Å².